The van der Waals surface area contributed by atoms with Crippen LogP contribution in [0.4, 0.5) is 0 Å². The largest absolute Gasteiger partial charge is 0.109 e. The normalized spacial score (nSPS) is 13.8. The molecule has 80 valence electrons. The first kappa shape index (κ1) is 13.5. The molecule has 1 heteroatoms. The van der Waals surface area contributed by atoms with Crippen molar-refractivity contribution in [1.82, 2.24) is 0 Å². The van der Waals surface area contributed by atoms with Crippen molar-refractivity contribution in [3.63, 3.8) is 0 Å². The van der Waals surface area contributed by atoms with Crippen LogP contribution < -0.4 is 0 Å². The molecule has 0 aliphatic rings. The fourth-order valence-electron chi connectivity index (χ4n) is 1.65. The molecular weight excluding hydrogens is 167 g/mol. The minimum Gasteiger partial charge on any atom is -0.0959 e. The quantitative estimate of drug-likeness (QED) is 0.457. The van der Waals surface area contributed by atoms with Crippen LogP contribution in [-0.2, 0) is 0 Å². The van der Waals surface area contributed by atoms with Gasteiger partial charge in [-0.05, 0) is 32.3 Å². The molecular formula is C13H25B. The highest BCUT2D eigenvalue weighted by Gasteiger charge is 2.14. The van der Waals surface area contributed by atoms with Crippen molar-refractivity contribution < 1.29 is 0 Å². The second-order valence-electron chi connectivity index (χ2n) is 5.50. The average Bonchev–Trinajstić information content (AvgIpc) is 1.99. The Morgan fingerprint density at radius 2 is 1.79 bits per heavy atom. The molecule has 0 aromatic heterocycles. The van der Waals surface area contributed by atoms with Gasteiger partial charge in [-0.2, -0.15) is 0 Å². The third-order valence-corrected chi connectivity index (χ3v) is 2.47. The van der Waals surface area contributed by atoms with E-state index in [0.717, 1.165) is 0 Å². The number of hydrogen-bond acceptors (Lipinski definition) is 0. The first-order chi connectivity index (χ1) is 6.28. The van der Waals surface area contributed by atoms with Crippen LogP contribution in [0, 0.1) is 0 Å². The predicted octanol–water partition coefficient (Wildman–Crippen LogP) is 3.90. The summed E-state index contributed by atoms with van der Waals surface area (Å²) in [5.74, 6) is 0. The summed E-state index contributed by atoms with van der Waals surface area (Å²) in [4.78, 5) is 0. The number of rotatable bonds is 5. The van der Waals surface area contributed by atoms with Crippen molar-refractivity contribution >= 4 is 7.85 Å². The van der Waals surface area contributed by atoms with Gasteiger partial charge in [-0.25, -0.2) is 0 Å². The second-order valence-corrected chi connectivity index (χ2v) is 5.50. The van der Waals surface area contributed by atoms with E-state index < -0.39 is 0 Å². The van der Waals surface area contributed by atoms with E-state index in [1.54, 1.807) is 5.57 Å². The lowest BCUT2D eigenvalue weighted by Crippen LogP contribution is -2.05. The van der Waals surface area contributed by atoms with Crippen molar-refractivity contribution in [2.45, 2.75) is 59.2 Å². The predicted molar refractivity (Wildman–Crippen MR) is 69.6 cm³/mol. The molecule has 0 aliphatic carbocycles. The Balaban J connectivity index is 4.76. The third kappa shape index (κ3) is 5.31. The lowest BCUT2D eigenvalue weighted by Gasteiger charge is -2.22. The molecule has 0 bridgehead atoms. The second kappa shape index (κ2) is 5.43. The molecule has 0 spiro atoms. The first-order valence-electron chi connectivity index (χ1n) is 5.62. The summed E-state index contributed by atoms with van der Waals surface area (Å²) in [5.41, 5.74) is 4.23. The van der Waals surface area contributed by atoms with Gasteiger partial charge in [0.05, 0.1) is 0 Å². The van der Waals surface area contributed by atoms with Gasteiger partial charge < -0.3 is 0 Å². The van der Waals surface area contributed by atoms with E-state index in [2.05, 4.69) is 49.0 Å². The molecule has 0 rings (SSSR count). The molecule has 0 atom stereocenters. The minimum atomic E-state index is 0.390. The zero-order chi connectivity index (χ0) is 11.4. The SMILES string of the molecule is BC(C)(C)C/C(CCC)=C(\C)C(=C)C. The maximum atomic E-state index is 4.03. The van der Waals surface area contributed by atoms with Gasteiger partial charge in [-0.3, -0.25) is 0 Å². The highest BCUT2D eigenvalue weighted by atomic mass is 14.2. The molecule has 0 aromatic rings. The minimum absolute atomic E-state index is 0.390. The molecule has 0 radical (unpaired) electrons. The monoisotopic (exact) mass is 192 g/mol. The Morgan fingerprint density at radius 1 is 1.29 bits per heavy atom. The van der Waals surface area contributed by atoms with Crippen LogP contribution in [0.25, 0.3) is 0 Å². The van der Waals surface area contributed by atoms with Crippen molar-refractivity contribution in [3.8, 4) is 0 Å². The van der Waals surface area contributed by atoms with Gasteiger partial charge in [0.15, 0.2) is 0 Å². The fraction of sp³-hybridized carbons (Fsp3) is 0.692. The molecule has 0 aromatic carbocycles. The van der Waals surface area contributed by atoms with Crippen molar-refractivity contribution in [1.29, 1.82) is 0 Å². The molecule has 0 fully saturated rings. The van der Waals surface area contributed by atoms with Crippen LogP contribution in [0.3, 0.4) is 0 Å². The van der Waals surface area contributed by atoms with Gasteiger partial charge in [0, 0.05) is 0 Å². The van der Waals surface area contributed by atoms with E-state index in [1.165, 1.54) is 30.4 Å². The van der Waals surface area contributed by atoms with Gasteiger partial charge in [0.2, 0.25) is 0 Å². The summed E-state index contributed by atoms with van der Waals surface area (Å²) in [5, 5.41) is 0.390. The van der Waals surface area contributed by atoms with Crippen LogP contribution >= 0.6 is 0 Å². The highest BCUT2D eigenvalue weighted by Crippen LogP contribution is 2.33. The van der Waals surface area contributed by atoms with E-state index in [-0.39, 0.29) is 0 Å². The molecule has 0 heterocycles. The van der Waals surface area contributed by atoms with Crippen molar-refractivity contribution in [2.24, 2.45) is 0 Å². The van der Waals surface area contributed by atoms with E-state index in [1.807, 2.05) is 0 Å². The molecule has 0 amide bonds. The summed E-state index contributed by atoms with van der Waals surface area (Å²) in [6, 6.07) is 0. The van der Waals surface area contributed by atoms with E-state index in [9.17, 15) is 0 Å². The van der Waals surface area contributed by atoms with Gasteiger partial charge in [0.25, 0.3) is 0 Å². The lowest BCUT2D eigenvalue weighted by molar-refractivity contribution is 0.642. The fourth-order valence-corrected chi connectivity index (χ4v) is 1.65. The molecule has 0 unspecified atom stereocenters. The molecule has 0 N–H and O–H groups in total. The Bertz CT molecular complexity index is 228. The molecule has 0 saturated heterocycles. The summed E-state index contributed by atoms with van der Waals surface area (Å²) in [6.07, 6.45) is 3.64. The molecule has 0 nitrogen and oxygen atoms in total. The zero-order valence-corrected chi connectivity index (χ0v) is 10.8. The molecule has 0 aliphatic heterocycles. The van der Waals surface area contributed by atoms with Crippen LogP contribution in [0.1, 0.15) is 53.9 Å². The topological polar surface area (TPSA) is 0 Å². The van der Waals surface area contributed by atoms with Gasteiger partial charge in [0.1, 0.15) is 7.85 Å². The van der Waals surface area contributed by atoms with Crippen LogP contribution in [0.2, 0.25) is 5.31 Å². The van der Waals surface area contributed by atoms with Crippen LogP contribution in [-0.4, -0.2) is 7.85 Å². The lowest BCUT2D eigenvalue weighted by atomic mass is 9.67. The summed E-state index contributed by atoms with van der Waals surface area (Å²) in [6.45, 7) is 15.2. The number of hydrogen-bond donors (Lipinski definition) is 0. The van der Waals surface area contributed by atoms with Crippen LogP contribution in [0.5, 0.6) is 0 Å². The Labute approximate surface area is 90.9 Å². The molecule has 14 heavy (non-hydrogen) atoms. The van der Waals surface area contributed by atoms with Crippen LogP contribution in [0.15, 0.2) is 23.3 Å². The average molecular weight is 192 g/mol. The summed E-state index contributed by atoms with van der Waals surface area (Å²) < 4.78 is 0. The summed E-state index contributed by atoms with van der Waals surface area (Å²) >= 11 is 0. The van der Waals surface area contributed by atoms with E-state index in [4.69, 9.17) is 0 Å². The third-order valence-electron chi connectivity index (χ3n) is 2.47. The standard InChI is InChI=1S/C13H25B/c1-7-8-12(9-13(5,6)14)11(4)10(2)3/h2,7-9,14H2,1,3-6H3/b12-11+. The summed E-state index contributed by atoms with van der Waals surface area (Å²) in [7, 11) is 2.30. The van der Waals surface area contributed by atoms with E-state index >= 15 is 0 Å². The zero-order valence-electron chi connectivity index (χ0n) is 10.8. The van der Waals surface area contributed by atoms with Crippen molar-refractivity contribution in [3.05, 3.63) is 23.3 Å². The maximum absolute atomic E-state index is 4.03. The highest BCUT2D eigenvalue weighted by molar-refractivity contribution is 6.14. The van der Waals surface area contributed by atoms with E-state index in [0.29, 0.717) is 5.31 Å². The smallest absolute Gasteiger partial charge is 0.0959 e. The first-order valence-corrected chi connectivity index (χ1v) is 5.62. The Morgan fingerprint density at radius 3 is 2.07 bits per heavy atom. The van der Waals surface area contributed by atoms with Crippen molar-refractivity contribution in [2.75, 3.05) is 0 Å². The van der Waals surface area contributed by atoms with Gasteiger partial charge >= 0.3 is 0 Å². The maximum Gasteiger partial charge on any atom is 0.109 e. The Kier molecular flexibility index (Phi) is 5.26. The van der Waals surface area contributed by atoms with Gasteiger partial charge in [-0.1, -0.05) is 50.2 Å². The number of allylic oxidation sites excluding steroid dienone is 3. The van der Waals surface area contributed by atoms with Gasteiger partial charge in [-0.15, -0.1) is 0 Å². The Hall–Kier alpha value is -0.455. The molecule has 0 saturated carbocycles.